The number of benzene rings is 1. The molecule has 0 saturated heterocycles. The lowest BCUT2D eigenvalue weighted by molar-refractivity contribution is -0.129. The van der Waals surface area contributed by atoms with E-state index < -0.39 is 11.5 Å². The fourth-order valence-electron chi connectivity index (χ4n) is 2.80. The van der Waals surface area contributed by atoms with Crippen LogP contribution in [0, 0.1) is 5.41 Å². The summed E-state index contributed by atoms with van der Waals surface area (Å²) in [5.74, 6) is 0.0631. The van der Waals surface area contributed by atoms with Crippen LogP contribution in [0.1, 0.15) is 62.4 Å². The molecule has 2 unspecified atom stereocenters. The summed E-state index contributed by atoms with van der Waals surface area (Å²) >= 11 is 0. The van der Waals surface area contributed by atoms with Gasteiger partial charge >= 0.3 is 0 Å². The number of hydrogen-bond donors (Lipinski definition) is 2. The van der Waals surface area contributed by atoms with Crippen LogP contribution in [-0.4, -0.2) is 24.7 Å². The molecular formula is C18H27NO3. The van der Waals surface area contributed by atoms with Crippen molar-refractivity contribution in [2.75, 3.05) is 13.7 Å². The Morgan fingerprint density at radius 1 is 1.45 bits per heavy atom. The fourth-order valence-corrected chi connectivity index (χ4v) is 2.80. The molecular weight excluding hydrogens is 278 g/mol. The maximum Gasteiger partial charge on any atom is 0.225 e. The lowest BCUT2D eigenvalue weighted by atomic mass is 9.85. The van der Waals surface area contributed by atoms with Crippen molar-refractivity contribution in [3.05, 3.63) is 34.9 Å². The molecule has 0 aromatic heterocycles. The van der Waals surface area contributed by atoms with E-state index >= 15 is 0 Å². The summed E-state index contributed by atoms with van der Waals surface area (Å²) in [4.78, 5) is 12.3. The summed E-state index contributed by atoms with van der Waals surface area (Å²) < 4.78 is 5.02. The third kappa shape index (κ3) is 3.87. The highest BCUT2D eigenvalue weighted by molar-refractivity contribution is 5.81. The maximum absolute atomic E-state index is 12.3. The first-order valence-electron chi connectivity index (χ1n) is 7.93. The van der Waals surface area contributed by atoms with Crippen molar-refractivity contribution >= 4 is 5.91 Å². The Hall–Kier alpha value is -1.39. The number of rotatable bonds is 4. The molecule has 0 spiro atoms. The van der Waals surface area contributed by atoms with Crippen molar-refractivity contribution in [1.29, 1.82) is 0 Å². The van der Waals surface area contributed by atoms with Gasteiger partial charge in [-0.2, -0.15) is 0 Å². The molecule has 0 radical (unpaired) electrons. The fraction of sp³-hybridized carbons (Fsp3) is 0.611. The Labute approximate surface area is 132 Å². The summed E-state index contributed by atoms with van der Waals surface area (Å²) in [6.45, 7) is 6.04. The number of hydrogen-bond acceptors (Lipinski definition) is 3. The van der Waals surface area contributed by atoms with Crippen molar-refractivity contribution in [3.63, 3.8) is 0 Å². The van der Waals surface area contributed by atoms with Crippen molar-refractivity contribution in [2.45, 2.75) is 52.2 Å². The normalized spacial score (nSPS) is 19.4. The van der Waals surface area contributed by atoms with E-state index in [4.69, 9.17) is 4.74 Å². The van der Waals surface area contributed by atoms with Crippen molar-refractivity contribution in [1.82, 2.24) is 5.32 Å². The zero-order chi connectivity index (χ0) is 16.3. The SMILES string of the molecule is COCC(O)c1ccc2c(c1)C(NC(=O)C(C)(C)C)CCC2. The number of nitrogens with one attached hydrogen (secondary N) is 1. The zero-order valence-electron chi connectivity index (χ0n) is 14.0. The Kier molecular flexibility index (Phi) is 5.24. The number of aryl methyl sites for hydroxylation is 1. The third-order valence-corrected chi connectivity index (χ3v) is 4.18. The Bertz CT molecular complexity index is 534. The van der Waals surface area contributed by atoms with Gasteiger partial charge in [0.25, 0.3) is 0 Å². The molecule has 1 aromatic carbocycles. The van der Waals surface area contributed by atoms with Crippen LogP contribution in [0.5, 0.6) is 0 Å². The van der Waals surface area contributed by atoms with Crippen molar-refractivity contribution in [3.8, 4) is 0 Å². The summed E-state index contributed by atoms with van der Waals surface area (Å²) in [6, 6.07) is 6.08. The molecule has 1 aromatic rings. The second kappa shape index (κ2) is 6.80. The molecule has 4 heteroatoms. The van der Waals surface area contributed by atoms with Crippen LogP contribution < -0.4 is 5.32 Å². The van der Waals surface area contributed by atoms with Crippen LogP contribution in [0.15, 0.2) is 18.2 Å². The Balaban J connectivity index is 2.24. The van der Waals surface area contributed by atoms with E-state index in [9.17, 15) is 9.90 Å². The minimum Gasteiger partial charge on any atom is -0.386 e. The Morgan fingerprint density at radius 3 is 2.82 bits per heavy atom. The number of fused-ring (bicyclic) bond motifs is 1. The standard InChI is InChI=1S/C18H27NO3/c1-18(2,3)17(21)19-15-7-5-6-12-8-9-13(10-14(12)15)16(20)11-22-4/h8-10,15-16,20H,5-7,11H2,1-4H3,(H,19,21). The summed E-state index contributed by atoms with van der Waals surface area (Å²) in [6.07, 6.45) is 2.41. The molecule has 1 aliphatic carbocycles. The minimum atomic E-state index is -0.629. The van der Waals surface area contributed by atoms with E-state index in [1.807, 2.05) is 32.9 Å². The number of carbonyl (C=O) groups is 1. The molecule has 0 saturated carbocycles. The number of carbonyl (C=O) groups excluding carboxylic acids is 1. The molecule has 122 valence electrons. The molecule has 0 heterocycles. The van der Waals surface area contributed by atoms with E-state index in [0.29, 0.717) is 0 Å². The molecule has 2 rings (SSSR count). The molecule has 0 fully saturated rings. The van der Waals surface area contributed by atoms with Crippen molar-refractivity contribution < 1.29 is 14.6 Å². The van der Waals surface area contributed by atoms with Gasteiger partial charge in [-0.05, 0) is 36.0 Å². The molecule has 4 nitrogen and oxygen atoms in total. The first-order chi connectivity index (χ1) is 10.3. The van der Waals surface area contributed by atoms with Crippen LogP contribution in [0.25, 0.3) is 0 Å². The van der Waals surface area contributed by atoms with Gasteiger partial charge in [0.05, 0.1) is 12.6 Å². The van der Waals surface area contributed by atoms with Gasteiger partial charge in [-0.25, -0.2) is 0 Å². The van der Waals surface area contributed by atoms with Crippen LogP contribution in [0.4, 0.5) is 0 Å². The van der Waals surface area contributed by atoms with Gasteiger partial charge in [-0.1, -0.05) is 39.0 Å². The molecule has 0 aliphatic heterocycles. The van der Waals surface area contributed by atoms with Gasteiger partial charge in [-0.15, -0.1) is 0 Å². The topological polar surface area (TPSA) is 58.6 Å². The molecule has 2 atom stereocenters. The number of ether oxygens (including phenoxy) is 1. The van der Waals surface area contributed by atoms with Gasteiger partial charge in [0.1, 0.15) is 6.10 Å². The summed E-state index contributed by atoms with van der Waals surface area (Å²) in [7, 11) is 1.58. The smallest absolute Gasteiger partial charge is 0.225 e. The molecule has 1 aliphatic rings. The number of methoxy groups -OCH3 is 1. The van der Waals surface area contributed by atoms with Crippen molar-refractivity contribution in [2.24, 2.45) is 5.41 Å². The third-order valence-electron chi connectivity index (χ3n) is 4.18. The molecule has 1 amide bonds. The number of amides is 1. The molecule has 2 N–H and O–H groups in total. The van der Waals surface area contributed by atoms with Gasteiger partial charge in [0.15, 0.2) is 0 Å². The maximum atomic E-state index is 12.3. The molecule has 0 bridgehead atoms. The average Bonchev–Trinajstić information content (AvgIpc) is 2.46. The van der Waals surface area contributed by atoms with Gasteiger partial charge in [0, 0.05) is 12.5 Å². The van der Waals surface area contributed by atoms with Crippen LogP contribution in [0.3, 0.4) is 0 Å². The first kappa shape index (κ1) is 17.0. The highest BCUT2D eigenvalue weighted by Crippen LogP contribution is 2.32. The highest BCUT2D eigenvalue weighted by atomic mass is 16.5. The van der Waals surface area contributed by atoms with E-state index in [2.05, 4.69) is 11.4 Å². The monoisotopic (exact) mass is 305 g/mol. The lowest BCUT2D eigenvalue weighted by Gasteiger charge is -2.30. The number of aliphatic hydroxyl groups excluding tert-OH is 1. The van der Waals surface area contributed by atoms with Crippen LogP contribution in [0.2, 0.25) is 0 Å². The van der Waals surface area contributed by atoms with Crippen LogP contribution in [-0.2, 0) is 16.0 Å². The van der Waals surface area contributed by atoms with E-state index in [1.165, 1.54) is 5.56 Å². The van der Waals surface area contributed by atoms with Gasteiger partial charge in [0.2, 0.25) is 5.91 Å². The van der Waals surface area contributed by atoms with E-state index in [1.54, 1.807) is 7.11 Å². The average molecular weight is 305 g/mol. The Morgan fingerprint density at radius 2 is 2.18 bits per heavy atom. The molecule has 22 heavy (non-hydrogen) atoms. The number of aliphatic hydroxyl groups is 1. The predicted octanol–water partition coefficient (Wildman–Crippen LogP) is 2.91. The zero-order valence-corrected chi connectivity index (χ0v) is 14.0. The second-order valence-corrected chi connectivity index (χ2v) is 7.10. The van der Waals surface area contributed by atoms with E-state index in [0.717, 1.165) is 30.4 Å². The summed E-state index contributed by atoms with van der Waals surface area (Å²) in [5.41, 5.74) is 2.85. The van der Waals surface area contributed by atoms with E-state index in [-0.39, 0.29) is 18.6 Å². The summed E-state index contributed by atoms with van der Waals surface area (Å²) in [5, 5.41) is 13.3. The predicted molar refractivity (Wildman–Crippen MR) is 86.6 cm³/mol. The lowest BCUT2D eigenvalue weighted by Crippen LogP contribution is -2.38. The van der Waals surface area contributed by atoms with Gasteiger partial charge < -0.3 is 15.2 Å². The second-order valence-electron chi connectivity index (χ2n) is 7.10. The first-order valence-corrected chi connectivity index (χ1v) is 7.93. The largest absolute Gasteiger partial charge is 0.386 e. The van der Waals surface area contributed by atoms with Crippen LogP contribution >= 0.6 is 0 Å². The quantitative estimate of drug-likeness (QED) is 0.899. The highest BCUT2D eigenvalue weighted by Gasteiger charge is 2.28. The minimum absolute atomic E-state index is 0.0326. The van der Waals surface area contributed by atoms with Gasteiger partial charge in [-0.3, -0.25) is 4.79 Å².